The van der Waals surface area contributed by atoms with Gasteiger partial charge in [0.2, 0.25) is 0 Å². The van der Waals surface area contributed by atoms with Gasteiger partial charge in [-0.15, -0.1) is 0 Å². The van der Waals surface area contributed by atoms with Gasteiger partial charge in [-0.3, -0.25) is 15.1 Å². The van der Waals surface area contributed by atoms with Gasteiger partial charge in [0.1, 0.15) is 11.5 Å². The molecule has 0 aromatic heterocycles. The molecule has 1 atom stereocenters. The summed E-state index contributed by atoms with van der Waals surface area (Å²) in [7, 11) is 4.90. The summed E-state index contributed by atoms with van der Waals surface area (Å²) in [5.74, 6) is 2.04. The lowest BCUT2D eigenvalue weighted by atomic mass is 10.1. The lowest BCUT2D eigenvalue weighted by molar-refractivity contribution is -0.384. The monoisotopic (exact) mass is 372 g/mol. The largest absolute Gasteiger partial charge is 0.497 e. The van der Waals surface area contributed by atoms with Crippen LogP contribution in [0.2, 0.25) is 0 Å². The number of non-ortho nitro benzene ring substituents is 1. The molecule has 2 aromatic rings. The van der Waals surface area contributed by atoms with E-state index in [0.29, 0.717) is 12.5 Å². The fourth-order valence-corrected chi connectivity index (χ4v) is 2.62. The van der Waals surface area contributed by atoms with Gasteiger partial charge in [0.15, 0.2) is 5.96 Å². The molecule has 0 spiro atoms. The third kappa shape index (κ3) is 5.34. The fourth-order valence-electron chi connectivity index (χ4n) is 2.62. The fraction of sp³-hybridized carbons (Fsp3) is 0.316. The summed E-state index contributed by atoms with van der Waals surface area (Å²) in [4.78, 5) is 14.7. The highest BCUT2D eigenvalue weighted by Gasteiger charge is 2.14. The first-order valence-electron chi connectivity index (χ1n) is 8.41. The summed E-state index contributed by atoms with van der Waals surface area (Å²) in [6.07, 6.45) is 0. The first-order valence-corrected chi connectivity index (χ1v) is 8.41. The molecule has 1 unspecified atom stereocenters. The van der Waals surface area contributed by atoms with Gasteiger partial charge in [0.05, 0.1) is 25.2 Å². The van der Waals surface area contributed by atoms with Crippen LogP contribution in [-0.2, 0) is 6.54 Å². The van der Waals surface area contributed by atoms with E-state index in [1.165, 1.54) is 12.1 Å². The smallest absolute Gasteiger partial charge is 0.269 e. The van der Waals surface area contributed by atoms with Crippen LogP contribution < -0.4 is 20.1 Å². The Morgan fingerprint density at radius 1 is 1.22 bits per heavy atom. The Morgan fingerprint density at radius 2 is 2.00 bits per heavy atom. The number of rotatable bonds is 7. The van der Waals surface area contributed by atoms with Gasteiger partial charge in [-0.25, -0.2) is 0 Å². The number of guanidine groups is 1. The van der Waals surface area contributed by atoms with Gasteiger partial charge in [0.25, 0.3) is 5.69 Å². The van der Waals surface area contributed by atoms with Crippen molar-refractivity contribution >= 4 is 11.6 Å². The number of benzene rings is 2. The van der Waals surface area contributed by atoms with Crippen molar-refractivity contribution in [3.63, 3.8) is 0 Å². The molecule has 0 bridgehead atoms. The van der Waals surface area contributed by atoms with Crippen molar-refractivity contribution < 1.29 is 14.4 Å². The molecule has 0 aliphatic heterocycles. The molecule has 0 fully saturated rings. The number of hydrogen-bond acceptors (Lipinski definition) is 5. The van der Waals surface area contributed by atoms with Crippen LogP contribution in [0, 0.1) is 10.1 Å². The number of aliphatic imine (C=N–C) groups is 1. The molecule has 0 aliphatic carbocycles. The van der Waals surface area contributed by atoms with E-state index in [2.05, 4.69) is 15.6 Å². The Bertz CT molecular complexity index is 823. The Hall–Kier alpha value is -3.29. The van der Waals surface area contributed by atoms with Crippen LogP contribution in [0.3, 0.4) is 0 Å². The second-order valence-corrected chi connectivity index (χ2v) is 5.83. The van der Waals surface area contributed by atoms with E-state index in [0.717, 1.165) is 22.6 Å². The molecule has 2 rings (SSSR count). The van der Waals surface area contributed by atoms with Crippen LogP contribution >= 0.6 is 0 Å². The summed E-state index contributed by atoms with van der Waals surface area (Å²) in [5.41, 5.74) is 1.78. The number of nitrogens with zero attached hydrogens (tertiary/aromatic N) is 2. The normalized spacial score (nSPS) is 12.2. The van der Waals surface area contributed by atoms with Crippen LogP contribution in [0.5, 0.6) is 11.5 Å². The van der Waals surface area contributed by atoms with Gasteiger partial charge < -0.3 is 20.1 Å². The zero-order valence-corrected chi connectivity index (χ0v) is 15.9. The van der Waals surface area contributed by atoms with Crippen molar-refractivity contribution in [2.45, 2.75) is 19.5 Å². The number of nitrogens with one attached hydrogen (secondary N) is 2. The molecule has 2 N–H and O–H groups in total. The maximum absolute atomic E-state index is 10.9. The standard InChI is InChI=1S/C19H24N4O4/c1-13(17-11-16(26-3)8-9-18(17)27-4)22-19(20-2)21-12-14-6-5-7-15(10-14)23(24)25/h5-11,13H,12H2,1-4H3,(H2,20,21,22). The summed E-state index contributed by atoms with van der Waals surface area (Å²) >= 11 is 0. The van der Waals surface area contributed by atoms with Gasteiger partial charge in [0, 0.05) is 31.3 Å². The third-order valence-electron chi connectivity index (χ3n) is 4.06. The van der Waals surface area contributed by atoms with Gasteiger partial charge in [-0.05, 0) is 30.7 Å². The molecule has 0 aliphatic rings. The lowest BCUT2D eigenvalue weighted by Crippen LogP contribution is -2.38. The Labute approximate surface area is 158 Å². The highest BCUT2D eigenvalue weighted by atomic mass is 16.6. The van der Waals surface area contributed by atoms with Crippen LogP contribution in [-0.4, -0.2) is 32.2 Å². The predicted octanol–water partition coefficient (Wildman–Crippen LogP) is 3.04. The van der Waals surface area contributed by atoms with E-state index < -0.39 is 4.92 Å². The van der Waals surface area contributed by atoms with E-state index in [1.54, 1.807) is 27.3 Å². The van der Waals surface area contributed by atoms with Crippen molar-refractivity contribution in [1.29, 1.82) is 0 Å². The minimum absolute atomic E-state index is 0.0618. The van der Waals surface area contributed by atoms with Crippen molar-refractivity contribution in [3.05, 3.63) is 63.7 Å². The van der Waals surface area contributed by atoms with Crippen LogP contribution in [0.15, 0.2) is 47.5 Å². The Kier molecular flexibility index (Phi) is 6.99. The van der Waals surface area contributed by atoms with Crippen molar-refractivity contribution in [3.8, 4) is 11.5 Å². The van der Waals surface area contributed by atoms with Gasteiger partial charge >= 0.3 is 0 Å². The molecule has 8 nitrogen and oxygen atoms in total. The highest BCUT2D eigenvalue weighted by molar-refractivity contribution is 5.80. The Morgan fingerprint density at radius 3 is 2.63 bits per heavy atom. The van der Waals surface area contributed by atoms with Gasteiger partial charge in [-0.2, -0.15) is 0 Å². The third-order valence-corrected chi connectivity index (χ3v) is 4.06. The maximum Gasteiger partial charge on any atom is 0.269 e. The highest BCUT2D eigenvalue weighted by Crippen LogP contribution is 2.29. The summed E-state index contributed by atoms with van der Waals surface area (Å²) in [5, 5.41) is 17.3. The summed E-state index contributed by atoms with van der Waals surface area (Å²) in [6, 6.07) is 12.0. The Balaban J connectivity index is 2.07. The molecule has 0 radical (unpaired) electrons. The summed E-state index contributed by atoms with van der Waals surface area (Å²) < 4.78 is 10.7. The first kappa shape index (κ1) is 20.0. The number of methoxy groups -OCH3 is 2. The number of nitro benzene ring substituents is 1. The molecule has 144 valence electrons. The maximum atomic E-state index is 10.9. The van der Waals surface area contributed by atoms with Crippen molar-refractivity contribution in [2.24, 2.45) is 4.99 Å². The zero-order valence-electron chi connectivity index (χ0n) is 15.9. The molecule has 27 heavy (non-hydrogen) atoms. The SMILES string of the molecule is CN=C(NCc1cccc([N+](=O)[O-])c1)NC(C)c1cc(OC)ccc1OC. The number of nitro groups is 1. The topological polar surface area (TPSA) is 98.0 Å². The van der Waals surface area contributed by atoms with Crippen molar-refractivity contribution in [2.75, 3.05) is 21.3 Å². The van der Waals surface area contributed by atoms with E-state index in [-0.39, 0.29) is 11.7 Å². The summed E-state index contributed by atoms with van der Waals surface area (Å²) in [6.45, 7) is 2.39. The second-order valence-electron chi connectivity index (χ2n) is 5.83. The van der Waals surface area contributed by atoms with E-state index >= 15 is 0 Å². The molecule has 0 amide bonds. The van der Waals surface area contributed by atoms with Crippen LogP contribution in [0.1, 0.15) is 24.1 Å². The molecule has 8 heteroatoms. The first-order chi connectivity index (χ1) is 13.0. The van der Waals surface area contributed by atoms with Crippen molar-refractivity contribution in [1.82, 2.24) is 10.6 Å². The molecular formula is C19H24N4O4. The minimum atomic E-state index is -0.409. The molecule has 0 saturated heterocycles. The van der Waals surface area contributed by atoms with E-state index in [4.69, 9.17) is 9.47 Å². The average Bonchev–Trinajstić information content (AvgIpc) is 2.70. The van der Waals surface area contributed by atoms with Crippen LogP contribution in [0.4, 0.5) is 5.69 Å². The lowest BCUT2D eigenvalue weighted by Gasteiger charge is -2.21. The number of hydrogen-bond donors (Lipinski definition) is 2. The quantitative estimate of drug-likeness (QED) is 0.335. The second kappa shape index (κ2) is 9.42. The predicted molar refractivity (Wildman–Crippen MR) is 104 cm³/mol. The minimum Gasteiger partial charge on any atom is -0.497 e. The molecular weight excluding hydrogens is 348 g/mol. The van der Waals surface area contributed by atoms with E-state index in [1.807, 2.05) is 31.2 Å². The molecule has 0 saturated carbocycles. The van der Waals surface area contributed by atoms with E-state index in [9.17, 15) is 10.1 Å². The average molecular weight is 372 g/mol. The zero-order chi connectivity index (χ0) is 19.8. The molecule has 0 heterocycles. The van der Waals surface area contributed by atoms with Gasteiger partial charge in [-0.1, -0.05) is 12.1 Å². The molecule has 2 aromatic carbocycles. The number of ether oxygens (including phenoxy) is 2. The van der Waals surface area contributed by atoms with Crippen LogP contribution in [0.25, 0.3) is 0 Å².